The highest BCUT2D eigenvalue weighted by molar-refractivity contribution is 5.80. The van der Waals surface area contributed by atoms with Crippen molar-refractivity contribution in [2.24, 2.45) is 0 Å². The lowest BCUT2D eigenvalue weighted by atomic mass is 9.94. The third-order valence-corrected chi connectivity index (χ3v) is 8.22. The van der Waals surface area contributed by atoms with Gasteiger partial charge in [-0.25, -0.2) is 9.78 Å². The zero-order chi connectivity index (χ0) is 33.6. The van der Waals surface area contributed by atoms with Crippen molar-refractivity contribution in [2.45, 2.75) is 57.7 Å². The second kappa shape index (κ2) is 12.4. The van der Waals surface area contributed by atoms with E-state index in [0.717, 1.165) is 25.1 Å². The number of ether oxygens (including phenoxy) is 3. The number of nitrogens with zero attached hydrogens (tertiary/aromatic N) is 3. The SMILES string of the molecule is COC(=O)Cc1ccc(OC)c(-c2c(C)cc(N3CCC3)nc2CN2C(=O)O[C@H](c3cc(C(F)(F)F)cc(C(F)(F)F)c3)[C@@H]2C)c1. The van der Waals surface area contributed by atoms with Crippen LogP contribution in [-0.4, -0.2) is 55.3 Å². The van der Waals surface area contributed by atoms with Crippen LogP contribution in [0.3, 0.4) is 0 Å². The lowest BCUT2D eigenvalue weighted by Crippen LogP contribution is -2.38. The van der Waals surface area contributed by atoms with E-state index in [4.69, 9.17) is 19.2 Å². The third kappa shape index (κ3) is 6.56. The number of carbonyl (C=O) groups is 2. The number of rotatable bonds is 8. The molecule has 0 spiro atoms. The fraction of sp³-hybridized carbons (Fsp3) is 0.406. The average Bonchev–Trinajstić information content (AvgIpc) is 3.23. The van der Waals surface area contributed by atoms with Crippen LogP contribution in [0.15, 0.2) is 42.5 Å². The lowest BCUT2D eigenvalue weighted by molar-refractivity contribution is -0.143. The Morgan fingerprint density at radius 2 is 1.65 bits per heavy atom. The highest BCUT2D eigenvalue weighted by Gasteiger charge is 2.44. The minimum absolute atomic E-state index is 0.0186. The van der Waals surface area contributed by atoms with Crippen LogP contribution in [0, 0.1) is 6.92 Å². The standard InChI is InChI=1S/C32H31F6N3O5/c1-17-10-26(40-8-5-9-40)39-24(28(17)23-11-19(12-27(42)45-4)6-7-25(23)44-3)16-41-18(2)29(46-30(41)43)20-13-21(31(33,34)35)15-22(14-20)32(36,37)38/h6-7,10-11,13-15,18,29H,5,8-9,12,16H2,1-4H3/t18-,29-/m0/s1. The van der Waals surface area contributed by atoms with Crippen LogP contribution >= 0.6 is 0 Å². The molecule has 0 aliphatic carbocycles. The van der Waals surface area contributed by atoms with Crippen molar-refractivity contribution in [1.82, 2.24) is 9.88 Å². The summed E-state index contributed by atoms with van der Waals surface area (Å²) in [6.45, 7) is 4.71. The summed E-state index contributed by atoms with van der Waals surface area (Å²) in [5.74, 6) is 0.647. The van der Waals surface area contributed by atoms with E-state index >= 15 is 0 Å². The van der Waals surface area contributed by atoms with Gasteiger partial charge in [-0.3, -0.25) is 9.69 Å². The molecule has 5 rings (SSSR count). The Labute approximate surface area is 260 Å². The first kappa shape index (κ1) is 32.9. The van der Waals surface area contributed by atoms with Gasteiger partial charge < -0.3 is 19.1 Å². The van der Waals surface area contributed by atoms with E-state index in [1.165, 1.54) is 26.0 Å². The zero-order valence-electron chi connectivity index (χ0n) is 25.4. The summed E-state index contributed by atoms with van der Waals surface area (Å²) >= 11 is 0. The van der Waals surface area contributed by atoms with Gasteiger partial charge >= 0.3 is 24.4 Å². The van der Waals surface area contributed by atoms with E-state index in [-0.39, 0.29) is 19.0 Å². The molecule has 2 aromatic carbocycles. The predicted octanol–water partition coefficient (Wildman–Crippen LogP) is 7.11. The Morgan fingerprint density at radius 3 is 2.20 bits per heavy atom. The molecule has 2 aliphatic rings. The summed E-state index contributed by atoms with van der Waals surface area (Å²) in [5, 5.41) is 0. The highest BCUT2D eigenvalue weighted by atomic mass is 19.4. The normalized spacial score (nSPS) is 18.3. The zero-order valence-corrected chi connectivity index (χ0v) is 25.4. The summed E-state index contributed by atoms with van der Waals surface area (Å²) in [6.07, 6.45) is -11.5. The van der Waals surface area contributed by atoms with Crippen molar-refractivity contribution in [3.8, 4) is 16.9 Å². The molecule has 2 fully saturated rings. The van der Waals surface area contributed by atoms with Crippen LogP contribution < -0.4 is 9.64 Å². The smallest absolute Gasteiger partial charge is 0.416 e. The molecule has 0 unspecified atom stereocenters. The fourth-order valence-electron chi connectivity index (χ4n) is 5.67. The summed E-state index contributed by atoms with van der Waals surface area (Å²) in [4.78, 5) is 33.4. The number of carbonyl (C=O) groups excluding carboxylic acids is 2. The second-order valence-corrected chi connectivity index (χ2v) is 11.3. The van der Waals surface area contributed by atoms with Gasteiger partial charge in [0.15, 0.2) is 0 Å². The van der Waals surface area contributed by atoms with E-state index in [0.29, 0.717) is 46.1 Å². The van der Waals surface area contributed by atoms with Crippen molar-refractivity contribution in [3.63, 3.8) is 0 Å². The number of alkyl halides is 6. The molecule has 246 valence electrons. The maximum absolute atomic E-state index is 13.6. The monoisotopic (exact) mass is 651 g/mol. The summed E-state index contributed by atoms with van der Waals surface area (Å²) in [5.41, 5.74) is -0.470. The molecule has 46 heavy (non-hydrogen) atoms. The number of aromatic nitrogens is 1. The number of esters is 1. The molecule has 0 radical (unpaired) electrons. The van der Waals surface area contributed by atoms with E-state index in [9.17, 15) is 35.9 Å². The van der Waals surface area contributed by atoms with Crippen molar-refractivity contribution >= 4 is 17.9 Å². The maximum Gasteiger partial charge on any atom is 0.416 e. The first-order valence-electron chi connectivity index (χ1n) is 14.4. The number of aryl methyl sites for hydroxylation is 1. The quantitative estimate of drug-likeness (QED) is 0.190. The van der Waals surface area contributed by atoms with Crippen LogP contribution in [0.1, 0.15) is 53.0 Å². The number of pyridine rings is 1. The van der Waals surface area contributed by atoms with Gasteiger partial charge in [-0.1, -0.05) is 6.07 Å². The topological polar surface area (TPSA) is 81.2 Å². The van der Waals surface area contributed by atoms with Crippen molar-refractivity contribution in [3.05, 3.63) is 76.0 Å². The molecule has 1 amide bonds. The summed E-state index contributed by atoms with van der Waals surface area (Å²) < 4.78 is 97.4. The number of methoxy groups -OCH3 is 2. The lowest BCUT2D eigenvalue weighted by Gasteiger charge is -2.33. The molecule has 3 aromatic rings. The molecule has 14 heteroatoms. The Kier molecular flexibility index (Phi) is 8.84. The largest absolute Gasteiger partial charge is 0.496 e. The molecule has 3 heterocycles. The average molecular weight is 652 g/mol. The van der Waals surface area contributed by atoms with Gasteiger partial charge in [0.2, 0.25) is 0 Å². The van der Waals surface area contributed by atoms with Crippen LogP contribution in [0.4, 0.5) is 37.0 Å². The Bertz CT molecular complexity index is 1620. The van der Waals surface area contributed by atoms with Crippen LogP contribution in [-0.2, 0) is 39.6 Å². The predicted molar refractivity (Wildman–Crippen MR) is 154 cm³/mol. The first-order valence-corrected chi connectivity index (χ1v) is 14.4. The fourth-order valence-corrected chi connectivity index (χ4v) is 5.67. The van der Waals surface area contributed by atoms with Gasteiger partial charge in [0.1, 0.15) is 17.7 Å². The third-order valence-electron chi connectivity index (χ3n) is 8.22. The van der Waals surface area contributed by atoms with Crippen molar-refractivity contribution in [2.75, 3.05) is 32.2 Å². The number of cyclic esters (lactones) is 1. The van der Waals surface area contributed by atoms with Gasteiger partial charge in [-0.05, 0) is 73.4 Å². The maximum atomic E-state index is 13.6. The Morgan fingerprint density at radius 1 is 1.00 bits per heavy atom. The number of halogens is 6. The molecule has 2 saturated heterocycles. The number of amides is 1. The van der Waals surface area contributed by atoms with Gasteiger partial charge in [0.05, 0.1) is 50.0 Å². The number of hydrogen-bond acceptors (Lipinski definition) is 7. The van der Waals surface area contributed by atoms with E-state index in [1.54, 1.807) is 18.2 Å². The molecule has 2 atom stereocenters. The van der Waals surface area contributed by atoms with Crippen LogP contribution in [0.5, 0.6) is 5.75 Å². The second-order valence-electron chi connectivity index (χ2n) is 11.3. The number of benzene rings is 2. The summed E-state index contributed by atoms with van der Waals surface area (Å²) in [7, 11) is 2.75. The number of anilines is 1. The number of hydrogen-bond donors (Lipinski definition) is 0. The molecule has 8 nitrogen and oxygen atoms in total. The highest BCUT2D eigenvalue weighted by Crippen LogP contribution is 2.43. The van der Waals surface area contributed by atoms with Gasteiger partial charge in [0, 0.05) is 24.2 Å². The van der Waals surface area contributed by atoms with E-state index in [1.807, 2.05) is 17.9 Å². The minimum Gasteiger partial charge on any atom is -0.496 e. The molecular weight excluding hydrogens is 620 g/mol. The molecule has 0 saturated carbocycles. The van der Waals surface area contributed by atoms with E-state index in [2.05, 4.69) is 0 Å². The van der Waals surface area contributed by atoms with Gasteiger partial charge in [0.25, 0.3) is 0 Å². The van der Waals surface area contributed by atoms with Crippen LogP contribution in [0.25, 0.3) is 11.1 Å². The summed E-state index contributed by atoms with van der Waals surface area (Å²) in [6, 6.07) is 7.26. The van der Waals surface area contributed by atoms with Gasteiger partial charge in [-0.2, -0.15) is 26.3 Å². The molecule has 0 bridgehead atoms. The Balaban J connectivity index is 1.57. The molecular formula is C32H31F6N3O5. The van der Waals surface area contributed by atoms with Crippen LogP contribution in [0.2, 0.25) is 0 Å². The van der Waals surface area contributed by atoms with Crippen molar-refractivity contribution < 1.29 is 50.1 Å². The van der Waals surface area contributed by atoms with Gasteiger partial charge in [-0.15, -0.1) is 0 Å². The first-order chi connectivity index (χ1) is 21.6. The van der Waals surface area contributed by atoms with Crippen molar-refractivity contribution in [1.29, 1.82) is 0 Å². The molecule has 0 N–H and O–H groups in total. The van der Waals surface area contributed by atoms with E-state index < -0.39 is 53.3 Å². The molecule has 2 aliphatic heterocycles. The minimum atomic E-state index is -5.06. The Hall–Kier alpha value is -4.49. The molecule has 1 aromatic heterocycles.